The van der Waals surface area contributed by atoms with Gasteiger partial charge >= 0.3 is 10.2 Å². The van der Waals surface area contributed by atoms with E-state index in [1.807, 2.05) is 0 Å². The summed E-state index contributed by atoms with van der Waals surface area (Å²) in [5.41, 5.74) is 0.0727. The van der Waals surface area contributed by atoms with Gasteiger partial charge < -0.3 is 0 Å². The second kappa shape index (κ2) is 6.09. The number of rotatable bonds is 4. The van der Waals surface area contributed by atoms with Gasteiger partial charge in [0.2, 0.25) is 0 Å². The number of alkyl halides is 1. The van der Waals surface area contributed by atoms with Crippen molar-refractivity contribution in [1.82, 2.24) is 0 Å². The number of nitrogens with zero attached hydrogens (tertiary/aromatic N) is 2. The van der Waals surface area contributed by atoms with Crippen LogP contribution in [0.5, 0.6) is 0 Å². The van der Waals surface area contributed by atoms with Crippen molar-refractivity contribution < 1.29 is 17.2 Å². The zero-order valence-corrected chi connectivity index (χ0v) is 14.3. The number of benzene rings is 2. The van der Waals surface area contributed by atoms with E-state index in [2.05, 4.69) is 15.9 Å². The van der Waals surface area contributed by atoms with Crippen LogP contribution in [0.3, 0.4) is 0 Å². The van der Waals surface area contributed by atoms with Crippen molar-refractivity contribution in [3.8, 4) is 0 Å². The van der Waals surface area contributed by atoms with E-state index in [1.165, 1.54) is 16.4 Å². The summed E-state index contributed by atoms with van der Waals surface area (Å²) in [5.74, 6) is -1.85. The van der Waals surface area contributed by atoms with Crippen LogP contribution in [0, 0.1) is 11.6 Å². The molecule has 0 radical (unpaired) electrons. The maximum Gasteiger partial charge on any atom is 0.331 e. The summed E-state index contributed by atoms with van der Waals surface area (Å²) in [5, 5.41) is 0.620. The molecule has 0 unspecified atom stereocenters. The monoisotopic (exact) mass is 402 g/mol. The van der Waals surface area contributed by atoms with Gasteiger partial charge in [-0.2, -0.15) is 8.42 Å². The molecule has 0 aliphatic carbocycles. The molecular weight excluding hydrogens is 390 g/mol. The molecule has 0 fully saturated rings. The van der Waals surface area contributed by atoms with Crippen molar-refractivity contribution in [3.05, 3.63) is 54.1 Å². The fourth-order valence-corrected chi connectivity index (χ4v) is 4.57. The van der Waals surface area contributed by atoms with Gasteiger partial charge in [-0.05, 0) is 30.7 Å². The van der Waals surface area contributed by atoms with Crippen molar-refractivity contribution in [2.75, 3.05) is 20.5 Å². The Kier molecular flexibility index (Phi) is 4.29. The first-order valence-corrected chi connectivity index (χ1v) is 9.42. The summed E-state index contributed by atoms with van der Waals surface area (Å²) in [4.78, 5) is 0. The minimum Gasteiger partial charge on any atom is -0.251 e. The van der Waals surface area contributed by atoms with Gasteiger partial charge in [0.15, 0.2) is 11.6 Å². The minimum absolute atomic E-state index is 0.219. The topological polar surface area (TPSA) is 40.6 Å². The van der Waals surface area contributed by atoms with Gasteiger partial charge in [0, 0.05) is 11.9 Å². The maximum absolute atomic E-state index is 14.1. The number of halogens is 3. The van der Waals surface area contributed by atoms with Gasteiger partial charge in [0.25, 0.3) is 0 Å². The predicted molar refractivity (Wildman–Crippen MR) is 89.6 cm³/mol. The molecule has 1 aliphatic heterocycles. The number of hydrogen-bond donors (Lipinski definition) is 0. The molecule has 0 aromatic heterocycles. The van der Waals surface area contributed by atoms with E-state index in [0.717, 1.165) is 16.4 Å². The van der Waals surface area contributed by atoms with Crippen molar-refractivity contribution >= 4 is 43.2 Å². The Hall–Kier alpha value is -1.67. The molecule has 0 saturated carbocycles. The van der Waals surface area contributed by atoms with Gasteiger partial charge in [-0.1, -0.05) is 34.1 Å². The Labute approximate surface area is 141 Å². The SMILES string of the molecule is O=S1(=O)N(CCCBr)c2ccccc2N1c1c(F)cccc1F. The van der Waals surface area contributed by atoms with Crippen molar-refractivity contribution in [2.45, 2.75) is 6.42 Å². The number of fused-ring (bicyclic) bond motifs is 1. The summed E-state index contributed by atoms with van der Waals surface area (Å²) >= 11 is 3.26. The molecule has 122 valence electrons. The molecule has 0 bridgehead atoms. The molecule has 1 heterocycles. The summed E-state index contributed by atoms with van der Waals surface area (Å²) in [6.07, 6.45) is 0.571. The summed E-state index contributed by atoms with van der Waals surface area (Å²) in [6.45, 7) is 0.219. The van der Waals surface area contributed by atoms with Crippen LogP contribution in [0.2, 0.25) is 0 Å². The zero-order chi connectivity index (χ0) is 16.6. The lowest BCUT2D eigenvalue weighted by Gasteiger charge is -2.22. The molecule has 0 saturated heterocycles. The molecular formula is C15H13BrF2N2O2S. The van der Waals surface area contributed by atoms with Gasteiger partial charge in [-0.25, -0.2) is 13.1 Å². The maximum atomic E-state index is 14.1. The Morgan fingerprint density at radius 2 is 1.57 bits per heavy atom. The predicted octanol–water partition coefficient (Wildman–Crippen LogP) is 3.95. The second-order valence-corrected chi connectivity index (χ2v) is 7.44. The first kappa shape index (κ1) is 16.2. The molecule has 0 amide bonds. The van der Waals surface area contributed by atoms with Crippen molar-refractivity contribution in [2.24, 2.45) is 0 Å². The average Bonchev–Trinajstić information content (AvgIpc) is 2.73. The molecule has 0 spiro atoms. The highest BCUT2D eigenvalue weighted by Gasteiger charge is 2.42. The van der Waals surface area contributed by atoms with Crippen LogP contribution in [0.25, 0.3) is 0 Å². The zero-order valence-electron chi connectivity index (χ0n) is 11.9. The molecule has 2 aromatic rings. The van der Waals surface area contributed by atoms with E-state index in [-0.39, 0.29) is 12.2 Å². The minimum atomic E-state index is -4.09. The van der Waals surface area contributed by atoms with E-state index in [0.29, 0.717) is 17.4 Å². The molecule has 23 heavy (non-hydrogen) atoms. The Morgan fingerprint density at radius 3 is 2.17 bits per heavy atom. The highest BCUT2D eigenvalue weighted by atomic mass is 79.9. The second-order valence-electron chi connectivity index (χ2n) is 4.95. The van der Waals surface area contributed by atoms with E-state index in [4.69, 9.17) is 0 Å². The molecule has 1 aliphatic rings. The Bertz CT molecular complexity index is 825. The van der Waals surface area contributed by atoms with E-state index >= 15 is 0 Å². The van der Waals surface area contributed by atoms with Crippen molar-refractivity contribution in [1.29, 1.82) is 0 Å². The number of para-hydroxylation sites is 3. The van der Waals surface area contributed by atoms with Crippen LogP contribution in [0.15, 0.2) is 42.5 Å². The van der Waals surface area contributed by atoms with Gasteiger partial charge in [0.1, 0.15) is 5.69 Å². The Balaban J connectivity index is 2.22. The fraction of sp³-hybridized carbons (Fsp3) is 0.200. The normalized spacial score (nSPS) is 15.8. The van der Waals surface area contributed by atoms with E-state index < -0.39 is 27.5 Å². The van der Waals surface area contributed by atoms with Gasteiger partial charge in [-0.3, -0.25) is 4.31 Å². The molecule has 0 atom stereocenters. The van der Waals surface area contributed by atoms with Gasteiger partial charge in [0.05, 0.1) is 11.4 Å². The van der Waals surface area contributed by atoms with Crippen LogP contribution in [-0.4, -0.2) is 20.3 Å². The first-order valence-electron chi connectivity index (χ1n) is 6.90. The van der Waals surface area contributed by atoms with E-state index in [9.17, 15) is 17.2 Å². The fourth-order valence-electron chi connectivity index (χ4n) is 2.55. The lowest BCUT2D eigenvalue weighted by Crippen LogP contribution is -2.36. The molecule has 3 rings (SSSR count). The molecule has 0 N–H and O–H groups in total. The smallest absolute Gasteiger partial charge is 0.251 e. The van der Waals surface area contributed by atoms with Gasteiger partial charge in [-0.15, -0.1) is 0 Å². The largest absolute Gasteiger partial charge is 0.331 e. The summed E-state index contributed by atoms with van der Waals surface area (Å²) < 4.78 is 55.9. The highest BCUT2D eigenvalue weighted by Crippen LogP contribution is 2.46. The van der Waals surface area contributed by atoms with Crippen molar-refractivity contribution in [3.63, 3.8) is 0 Å². The number of hydrogen-bond acceptors (Lipinski definition) is 2. The first-order chi connectivity index (χ1) is 11.0. The third-order valence-electron chi connectivity index (χ3n) is 3.51. The molecule has 4 nitrogen and oxygen atoms in total. The highest BCUT2D eigenvalue weighted by molar-refractivity contribution is 9.09. The van der Waals surface area contributed by atoms with Crippen LogP contribution in [0.4, 0.5) is 25.8 Å². The van der Waals surface area contributed by atoms with Crippen LogP contribution in [-0.2, 0) is 10.2 Å². The molecule has 2 aromatic carbocycles. The van der Waals surface area contributed by atoms with Crippen LogP contribution >= 0.6 is 15.9 Å². The number of anilines is 3. The van der Waals surface area contributed by atoms with E-state index in [1.54, 1.807) is 18.2 Å². The average molecular weight is 403 g/mol. The molecule has 8 heteroatoms. The third kappa shape index (κ3) is 2.59. The Morgan fingerprint density at radius 1 is 0.957 bits per heavy atom. The summed E-state index contributed by atoms with van der Waals surface area (Å²) in [6, 6.07) is 9.76. The standard InChI is InChI=1S/C15H13BrF2N2O2S/c16-9-4-10-19-13-7-1-2-8-14(13)20(23(19,21)22)15-11(17)5-3-6-12(15)18/h1-3,5-8H,4,9-10H2. The summed E-state index contributed by atoms with van der Waals surface area (Å²) in [7, 11) is -4.09. The van der Waals surface area contributed by atoms with Crippen LogP contribution < -0.4 is 8.61 Å². The lowest BCUT2D eigenvalue weighted by atomic mass is 10.2. The van der Waals surface area contributed by atoms with Crippen LogP contribution in [0.1, 0.15) is 6.42 Å². The third-order valence-corrected chi connectivity index (χ3v) is 5.85. The quantitative estimate of drug-likeness (QED) is 0.726. The lowest BCUT2D eigenvalue weighted by molar-refractivity contribution is 0.574.